The summed E-state index contributed by atoms with van der Waals surface area (Å²) in [5, 5.41) is 1.03. The van der Waals surface area contributed by atoms with Crippen LogP contribution in [-0.4, -0.2) is 10.9 Å². The Labute approximate surface area is 128 Å². The lowest BCUT2D eigenvalue weighted by molar-refractivity contribution is 0.101. The molecule has 1 aliphatic heterocycles. The zero-order valence-electron chi connectivity index (χ0n) is 12.2. The highest BCUT2D eigenvalue weighted by Gasteiger charge is 2.33. The van der Waals surface area contributed by atoms with E-state index in [0.717, 1.165) is 33.4 Å². The van der Waals surface area contributed by atoms with Crippen molar-refractivity contribution < 1.29 is 4.79 Å². The Morgan fingerprint density at radius 1 is 0.955 bits per heavy atom. The van der Waals surface area contributed by atoms with Gasteiger partial charge in [0.2, 0.25) is 0 Å². The third kappa shape index (κ3) is 1.69. The van der Waals surface area contributed by atoms with Gasteiger partial charge < -0.3 is 0 Å². The van der Waals surface area contributed by atoms with Gasteiger partial charge in [0.15, 0.2) is 0 Å². The molecule has 3 aromatic rings. The molecule has 0 aliphatic carbocycles. The maximum atomic E-state index is 12.9. The van der Waals surface area contributed by atoms with E-state index < -0.39 is 0 Å². The highest BCUT2D eigenvalue weighted by molar-refractivity contribution is 6.24. The quantitative estimate of drug-likeness (QED) is 0.670. The van der Waals surface area contributed by atoms with Crippen LogP contribution in [0.25, 0.3) is 16.6 Å². The molecule has 3 nitrogen and oxygen atoms in total. The van der Waals surface area contributed by atoms with Gasteiger partial charge in [-0.05, 0) is 25.1 Å². The average Bonchev–Trinajstić information content (AvgIpc) is 2.87. The van der Waals surface area contributed by atoms with Crippen LogP contribution < -0.4 is 4.90 Å². The summed E-state index contributed by atoms with van der Waals surface area (Å²) in [5.41, 5.74) is 4.29. The predicted octanol–water partition coefficient (Wildman–Crippen LogP) is 4.26. The zero-order chi connectivity index (χ0) is 15.1. The van der Waals surface area contributed by atoms with E-state index in [4.69, 9.17) is 0 Å². The van der Waals surface area contributed by atoms with Gasteiger partial charge in [-0.1, -0.05) is 42.5 Å². The minimum atomic E-state index is 0.00172. The molecule has 0 radical (unpaired) electrons. The maximum absolute atomic E-state index is 12.9. The second-order valence-electron chi connectivity index (χ2n) is 5.21. The minimum absolute atomic E-state index is 0.00172. The van der Waals surface area contributed by atoms with Crippen molar-refractivity contribution in [2.75, 3.05) is 4.90 Å². The summed E-state index contributed by atoms with van der Waals surface area (Å²) in [4.78, 5) is 19.1. The number of carbonyl (C=O) groups excluding carboxylic acids is 1. The van der Waals surface area contributed by atoms with E-state index in [0.29, 0.717) is 0 Å². The summed E-state index contributed by atoms with van der Waals surface area (Å²) < 4.78 is 0. The van der Waals surface area contributed by atoms with Crippen molar-refractivity contribution >= 4 is 28.2 Å². The van der Waals surface area contributed by atoms with Crippen LogP contribution in [0, 0.1) is 0 Å². The number of para-hydroxylation sites is 1. The maximum Gasteiger partial charge on any atom is 0.263 e. The molecule has 22 heavy (non-hydrogen) atoms. The van der Waals surface area contributed by atoms with Gasteiger partial charge >= 0.3 is 0 Å². The Kier molecular flexibility index (Phi) is 2.79. The monoisotopic (exact) mass is 286 g/mol. The van der Waals surface area contributed by atoms with Gasteiger partial charge in [-0.25, -0.2) is 0 Å². The van der Waals surface area contributed by atoms with E-state index in [9.17, 15) is 4.79 Å². The third-order valence-electron chi connectivity index (χ3n) is 4.00. The van der Waals surface area contributed by atoms with Crippen LogP contribution in [0.1, 0.15) is 22.8 Å². The van der Waals surface area contributed by atoms with Crippen LogP contribution in [0.3, 0.4) is 0 Å². The van der Waals surface area contributed by atoms with Crippen LogP contribution in [-0.2, 0) is 0 Å². The van der Waals surface area contributed by atoms with Crippen molar-refractivity contribution in [2.45, 2.75) is 6.92 Å². The number of rotatable bonds is 1. The third-order valence-corrected chi connectivity index (χ3v) is 4.00. The van der Waals surface area contributed by atoms with Gasteiger partial charge in [0.1, 0.15) is 0 Å². The highest BCUT2D eigenvalue weighted by Crippen LogP contribution is 2.38. The number of allylic oxidation sites excluding steroid dienone is 1. The first-order valence-corrected chi connectivity index (χ1v) is 7.25. The molecule has 3 heteroatoms. The number of benzene rings is 2. The molecule has 0 N–H and O–H groups in total. The number of aromatic nitrogens is 1. The lowest BCUT2D eigenvalue weighted by Crippen LogP contribution is -2.22. The summed E-state index contributed by atoms with van der Waals surface area (Å²) in [6, 6.07) is 17.6. The Balaban J connectivity index is 1.98. The van der Waals surface area contributed by atoms with Crippen molar-refractivity contribution in [2.24, 2.45) is 0 Å². The number of fused-ring (bicyclic) bond motifs is 2. The fourth-order valence-electron chi connectivity index (χ4n) is 3.04. The Morgan fingerprint density at radius 2 is 1.73 bits per heavy atom. The fourth-order valence-corrected chi connectivity index (χ4v) is 3.04. The van der Waals surface area contributed by atoms with E-state index in [-0.39, 0.29) is 5.91 Å². The number of hydrogen-bond acceptors (Lipinski definition) is 2. The van der Waals surface area contributed by atoms with Crippen molar-refractivity contribution in [1.82, 2.24) is 4.98 Å². The number of nitrogens with zero attached hydrogens (tertiary/aromatic N) is 2. The van der Waals surface area contributed by atoms with E-state index in [2.05, 4.69) is 4.98 Å². The topological polar surface area (TPSA) is 33.2 Å². The molecule has 0 fully saturated rings. The summed E-state index contributed by atoms with van der Waals surface area (Å²) in [6.45, 7) is 1.95. The summed E-state index contributed by atoms with van der Waals surface area (Å²) in [5.74, 6) is 0.00172. The number of amides is 1. The normalized spacial score (nSPS) is 15.6. The molecular formula is C19H14N2O. The Bertz CT molecular complexity index is 922. The van der Waals surface area contributed by atoms with Gasteiger partial charge in [-0.3, -0.25) is 14.7 Å². The predicted molar refractivity (Wildman–Crippen MR) is 88.6 cm³/mol. The van der Waals surface area contributed by atoms with Crippen LogP contribution in [0.2, 0.25) is 0 Å². The molecule has 1 aliphatic rings. The van der Waals surface area contributed by atoms with Gasteiger partial charge in [0.05, 0.1) is 16.9 Å². The molecule has 106 valence electrons. The average molecular weight is 286 g/mol. The molecule has 0 bridgehead atoms. The van der Waals surface area contributed by atoms with Crippen LogP contribution in [0.15, 0.2) is 66.9 Å². The van der Waals surface area contributed by atoms with Gasteiger partial charge in [0.25, 0.3) is 5.91 Å². The number of anilines is 1. The summed E-state index contributed by atoms with van der Waals surface area (Å²) in [6.07, 6.45) is 3.74. The van der Waals surface area contributed by atoms with Crippen molar-refractivity contribution in [3.63, 3.8) is 0 Å². The van der Waals surface area contributed by atoms with Crippen LogP contribution in [0.5, 0.6) is 0 Å². The fraction of sp³-hybridized carbons (Fsp3) is 0.0526. The van der Waals surface area contributed by atoms with E-state index >= 15 is 0 Å². The molecule has 2 heterocycles. The van der Waals surface area contributed by atoms with Gasteiger partial charge in [0, 0.05) is 22.7 Å². The van der Waals surface area contributed by atoms with Crippen LogP contribution >= 0.6 is 0 Å². The lowest BCUT2D eigenvalue weighted by Gasteiger charge is -2.19. The Morgan fingerprint density at radius 3 is 2.55 bits per heavy atom. The molecule has 2 aromatic carbocycles. The minimum Gasteiger partial charge on any atom is -0.274 e. The Hall–Kier alpha value is -2.94. The number of pyridine rings is 1. The molecule has 0 atom stereocenters. The molecule has 0 unspecified atom stereocenters. The second-order valence-corrected chi connectivity index (χ2v) is 5.21. The van der Waals surface area contributed by atoms with E-state index in [1.165, 1.54) is 0 Å². The molecule has 0 saturated carbocycles. The smallest absolute Gasteiger partial charge is 0.263 e. The lowest BCUT2D eigenvalue weighted by atomic mass is 10.1. The van der Waals surface area contributed by atoms with E-state index in [1.54, 1.807) is 11.1 Å². The van der Waals surface area contributed by atoms with Crippen LogP contribution in [0.4, 0.5) is 5.69 Å². The van der Waals surface area contributed by atoms with Crippen molar-refractivity contribution in [1.29, 1.82) is 0 Å². The summed E-state index contributed by atoms with van der Waals surface area (Å²) >= 11 is 0. The first-order valence-electron chi connectivity index (χ1n) is 7.25. The SMILES string of the molecule is CC=C1c2ccccc2C(=O)N1c1cccc2cccnc12. The first-order chi connectivity index (χ1) is 10.8. The number of hydrogen-bond donors (Lipinski definition) is 0. The van der Waals surface area contributed by atoms with E-state index in [1.807, 2.05) is 67.6 Å². The zero-order valence-corrected chi connectivity index (χ0v) is 12.2. The molecule has 1 amide bonds. The molecule has 4 rings (SSSR count). The summed E-state index contributed by atoms with van der Waals surface area (Å²) in [7, 11) is 0. The molecule has 0 spiro atoms. The largest absolute Gasteiger partial charge is 0.274 e. The second kappa shape index (κ2) is 4.81. The highest BCUT2D eigenvalue weighted by atomic mass is 16.2. The standard InChI is InChI=1S/C19H14N2O/c1-2-16-14-9-3-4-10-15(14)19(22)21(16)17-11-5-7-13-8-6-12-20-18(13)17/h2-12H,1H3. The molecule has 0 saturated heterocycles. The first kappa shape index (κ1) is 12.8. The van der Waals surface area contributed by atoms with Crippen molar-refractivity contribution in [3.05, 3.63) is 78.0 Å². The van der Waals surface area contributed by atoms with Gasteiger partial charge in [-0.15, -0.1) is 0 Å². The van der Waals surface area contributed by atoms with Gasteiger partial charge in [-0.2, -0.15) is 0 Å². The molecule has 1 aromatic heterocycles. The van der Waals surface area contributed by atoms with Crippen molar-refractivity contribution in [3.8, 4) is 0 Å². The number of carbonyl (C=O) groups is 1. The molecular weight excluding hydrogens is 272 g/mol.